The minimum absolute atomic E-state index is 0.230. The highest BCUT2D eigenvalue weighted by molar-refractivity contribution is 5.94. The predicted octanol–water partition coefficient (Wildman–Crippen LogP) is 2.43. The number of pyridine rings is 1. The lowest BCUT2D eigenvalue weighted by Crippen LogP contribution is -2.25. The van der Waals surface area contributed by atoms with Gasteiger partial charge in [0, 0.05) is 18.3 Å². The summed E-state index contributed by atoms with van der Waals surface area (Å²) in [7, 11) is 0. The molecule has 0 unspecified atom stereocenters. The van der Waals surface area contributed by atoms with Crippen LogP contribution in [0, 0.1) is 17.5 Å². The maximum atomic E-state index is 13.3. The highest BCUT2D eigenvalue weighted by Crippen LogP contribution is 2.12. The third-order valence-corrected chi connectivity index (χ3v) is 2.50. The smallest absolute Gasteiger partial charge is 0.254 e. The Balaban J connectivity index is 2.11. The number of nitrogens with one attached hydrogen (secondary N) is 1. The van der Waals surface area contributed by atoms with Gasteiger partial charge in [-0.05, 0) is 18.2 Å². The first-order valence-electron chi connectivity index (χ1n) is 5.40. The zero-order chi connectivity index (χ0) is 13.8. The molecule has 1 heterocycles. The molecule has 0 aliphatic carbocycles. The molecule has 0 bridgehead atoms. The second-order valence-corrected chi connectivity index (χ2v) is 3.74. The topological polar surface area (TPSA) is 42.0 Å². The predicted molar refractivity (Wildman–Crippen MR) is 61.7 cm³/mol. The van der Waals surface area contributed by atoms with Crippen molar-refractivity contribution in [2.75, 3.05) is 0 Å². The Morgan fingerprint density at radius 1 is 1.11 bits per heavy atom. The molecule has 0 saturated carbocycles. The van der Waals surface area contributed by atoms with Crippen molar-refractivity contribution in [2.45, 2.75) is 6.54 Å². The van der Waals surface area contributed by atoms with Crippen molar-refractivity contribution in [3.63, 3.8) is 0 Å². The standard InChI is InChI=1S/C13H9F3N2O/c14-10-2-1-3-11(15)9(10)6-18-13(19)8-4-5-17-7-12(8)16/h1-5,7H,6H2,(H,18,19). The number of nitrogens with zero attached hydrogens (tertiary/aromatic N) is 1. The summed E-state index contributed by atoms with van der Waals surface area (Å²) >= 11 is 0. The number of benzene rings is 1. The van der Waals surface area contributed by atoms with Crippen LogP contribution in [-0.2, 0) is 6.54 Å². The summed E-state index contributed by atoms with van der Waals surface area (Å²) in [6, 6.07) is 4.57. The number of hydrogen-bond acceptors (Lipinski definition) is 2. The first-order chi connectivity index (χ1) is 9.09. The molecule has 0 aliphatic heterocycles. The average molecular weight is 266 g/mol. The van der Waals surface area contributed by atoms with Gasteiger partial charge in [-0.1, -0.05) is 6.07 Å². The van der Waals surface area contributed by atoms with Gasteiger partial charge in [-0.3, -0.25) is 9.78 Å². The normalized spacial score (nSPS) is 10.3. The highest BCUT2D eigenvalue weighted by Gasteiger charge is 2.13. The van der Waals surface area contributed by atoms with Gasteiger partial charge in [0.25, 0.3) is 5.91 Å². The van der Waals surface area contributed by atoms with Gasteiger partial charge in [0.2, 0.25) is 0 Å². The van der Waals surface area contributed by atoms with Gasteiger partial charge in [0.05, 0.1) is 11.8 Å². The SMILES string of the molecule is O=C(NCc1c(F)cccc1F)c1ccncc1F. The molecular weight excluding hydrogens is 257 g/mol. The van der Waals surface area contributed by atoms with Crippen LogP contribution in [0.4, 0.5) is 13.2 Å². The number of rotatable bonds is 3. The van der Waals surface area contributed by atoms with Gasteiger partial charge in [0.15, 0.2) is 5.82 Å². The van der Waals surface area contributed by atoms with E-state index in [1.54, 1.807) is 0 Å². The van der Waals surface area contributed by atoms with Gasteiger partial charge in [-0.2, -0.15) is 0 Å². The summed E-state index contributed by atoms with van der Waals surface area (Å²) in [5.41, 5.74) is -0.503. The molecule has 2 rings (SSSR count). The van der Waals surface area contributed by atoms with Crippen LogP contribution < -0.4 is 5.32 Å². The first kappa shape index (κ1) is 13.1. The Morgan fingerprint density at radius 3 is 2.42 bits per heavy atom. The van der Waals surface area contributed by atoms with E-state index in [0.717, 1.165) is 18.3 Å². The van der Waals surface area contributed by atoms with Crippen molar-refractivity contribution in [2.24, 2.45) is 0 Å². The fourth-order valence-electron chi connectivity index (χ4n) is 1.52. The summed E-state index contributed by atoms with van der Waals surface area (Å²) in [4.78, 5) is 15.1. The van der Waals surface area contributed by atoms with Gasteiger partial charge < -0.3 is 5.32 Å². The molecule has 1 N–H and O–H groups in total. The maximum Gasteiger partial charge on any atom is 0.254 e. The van der Waals surface area contributed by atoms with E-state index >= 15 is 0 Å². The number of carbonyl (C=O) groups is 1. The number of hydrogen-bond donors (Lipinski definition) is 1. The second-order valence-electron chi connectivity index (χ2n) is 3.74. The molecule has 6 heteroatoms. The maximum absolute atomic E-state index is 13.3. The van der Waals surface area contributed by atoms with E-state index in [1.807, 2.05) is 0 Å². The summed E-state index contributed by atoms with van der Waals surface area (Å²) < 4.78 is 39.9. The number of carbonyl (C=O) groups excluding carboxylic acids is 1. The first-order valence-corrected chi connectivity index (χ1v) is 5.40. The van der Waals surface area contributed by atoms with Crippen LogP contribution in [0.3, 0.4) is 0 Å². The van der Waals surface area contributed by atoms with E-state index in [9.17, 15) is 18.0 Å². The van der Waals surface area contributed by atoms with Gasteiger partial charge in [-0.15, -0.1) is 0 Å². The highest BCUT2D eigenvalue weighted by atomic mass is 19.1. The van der Waals surface area contributed by atoms with Crippen LogP contribution in [0.2, 0.25) is 0 Å². The molecular formula is C13H9F3N2O. The van der Waals surface area contributed by atoms with Gasteiger partial charge in [-0.25, -0.2) is 13.2 Å². The zero-order valence-electron chi connectivity index (χ0n) is 9.66. The molecule has 2 aromatic rings. The van der Waals surface area contributed by atoms with E-state index in [2.05, 4.69) is 10.3 Å². The van der Waals surface area contributed by atoms with Crippen LogP contribution in [-0.4, -0.2) is 10.9 Å². The van der Waals surface area contributed by atoms with Crippen molar-refractivity contribution in [3.05, 3.63) is 65.2 Å². The van der Waals surface area contributed by atoms with E-state index in [4.69, 9.17) is 0 Å². The van der Waals surface area contributed by atoms with E-state index in [-0.39, 0.29) is 17.7 Å². The number of halogens is 3. The molecule has 0 fully saturated rings. The van der Waals surface area contributed by atoms with Gasteiger partial charge >= 0.3 is 0 Å². The molecule has 0 atom stereocenters. The van der Waals surface area contributed by atoms with Crippen molar-refractivity contribution < 1.29 is 18.0 Å². The van der Waals surface area contributed by atoms with Gasteiger partial charge in [0.1, 0.15) is 11.6 Å². The number of aromatic nitrogens is 1. The van der Waals surface area contributed by atoms with Crippen LogP contribution in [0.25, 0.3) is 0 Å². The third kappa shape index (κ3) is 2.90. The molecule has 3 nitrogen and oxygen atoms in total. The molecule has 0 saturated heterocycles. The lowest BCUT2D eigenvalue weighted by Gasteiger charge is -2.07. The third-order valence-electron chi connectivity index (χ3n) is 2.50. The van der Waals surface area contributed by atoms with Crippen LogP contribution in [0.1, 0.15) is 15.9 Å². The molecule has 0 spiro atoms. The summed E-state index contributed by atoms with van der Waals surface area (Å²) in [5.74, 6) is -3.09. The van der Waals surface area contributed by atoms with Crippen LogP contribution in [0.15, 0.2) is 36.7 Å². The second kappa shape index (κ2) is 5.51. The Kier molecular flexibility index (Phi) is 3.79. The summed E-state index contributed by atoms with van der Waals surface area (Å²) in [5, 5.41) is 2.25. The lowest BCUT2D eigenvalue weighted by atomic mass is 10.2. The van der Waals surface area contributed by atoms with E-state index in [0.29, 0.717) is 0 Å². The molecule has 1 aromatic carbocycles. The van der Waals surface area contributed by atoms with Crippen LogP contribution >= 0.6 is 0 Å². The molecule has 1 aromatic heterocycles. The Hall–Kier alpha value is -2.37. The Labute approximate surface area is 107 Å². The van der Waals surface area contributed by atoms with E-state index in [1.165, 1.54) is 18.3 Å². The molecule has 98 valence electrons. The summed E-state index contributed by atoms with van der Waals surface area (Å²) in [6.45, 7) is -0.362. The van der Waals surface area contributed by atoms with Crippen molar-refractivity contribution in [3.8, 4) is 0 Å². The molecule has 0 radical (unpaired) electrons. The zero-order valence-corrected chi connectivity index (χ0v) is 9.66. The van der Waals surface area contributed by atoms with Crippen LogP contribution in [0.5, 0.6) is 0 Å². The fourth-order valence-corrected chi connectivity index (χ4v) is 1.52. The van der Waals surface area contributed by atoms with Crippen molar-refractivity contribution >= 4 is 5.91 Å². The molecule has 19 heavy (non-hydrogen) atoms. The van der Waals surface area contributed by atoms with E-state index < -0.39 is 23.4 Å². The monoisotopic (exact) mass is 266 g/mol. The lowest BCUT2D eigenvalue weighted by molar-refractivity contribution is 0.0946. The Bertz CT molecular complexity index is 596. The molecule has 1 amide bonds. The largest absolute Gasteiger partial charge is 0.348 e. The minimum Gasteiger partial charge on any atom is -0.348 e. The minimum atomic E-state index is -0.797. The Morgan fingerprint density at radius 2 is 1.79 bits per heavy atom. The average Bonchev–Trinajstić information content (AvgIpc) is 2.38. The number of amides is 1. The molecule has 0 aliphatic rings. The summed E-state index contributed by atoms with van der Waals surface area (Å²) in [6.07, 6.45) is 2.14. The van der Waals surface area contributed by atoms with Crippen molar-refractivity contribution in [1.29, 1.82) is 0 Å². The fraction of sp³-hybridized carbons (Fsp3) is 0.0769. The van der Waals surface area contributed by atoms with Crippen molar-refractivity contribution in [1.82, 2.24) is 10.3 Å². The quantitative estimate of drug-likeness (QED) is 0.927.